The largest absolute Gasteiger partial charge is 0.344 e. The molecule has 0 atom stereocenters. The van der Waals surface area contributed by atoms with Crippen LogP contribution in [0, 0.1) is 0 Å². The maximum atomic E-state index is 12.1. The Morgan fingerprint density at radius 2 is 1.37 bits per heavy atom. The first-order chi connectivity index (χ1) is 32.0. The highest BCUT2D eigenvalue weighted by Gasteiger charge is 2.46. The Balaban J connectivity index is 1.21. The predicted molar refractivity (Wildman–Crippen MR) is 267 cm³/mol. The van der Waals surface area contributed by atoms with Crippen LogP contribution >= 0.6 is 23.6 Å². The van der Waals surface area contributed by atoms with Crippen molar-refractivity contribution in [2.75, 3.05) is 29.5 Å². The van der Waals surface area contributed by atoms with E-state index in [4.69, 9.17) is 16.9 Å². The van der Waals surface area contributed by atoms with Crippen molar-refractivity contribution in [2.24, 2.45) is 0 Å². The highest BCUT2D eigenvalue weighted by atomic mass is 35.5. The van der Waals surface area contributed by atoms with E-state index < -0.39 is 41.2 Å². The highest BCUT2D eigenvalue weighted by molar-refractivity contribution is 7.94. The van der Waals surface area contributed by atoms with Crippen molar-refractivity contribution < 1.29 is 58.1 Å². The van der Waals surface area contributed by atoms with Crippen molar-refractivity contribution in [3.8, 4) is 0 Å². The van der Waals surface area contributed by atoms with E-state index in [-0.39, 0.29) is 29.2 Å². The van der Waals surface area contributed by atoms with Crippen LogP contribution < -0.4 is 4.90 Å². The second kappa shape index (κ2) is 18.9. The fourth-order valence-electron chi connectivity index (χ4n) is 9.99. The number of allylic oxidation sites excluding steroid dienone is 8. The maximum absolute atomic E-state index is 12.1. The maximum Gasteiger partial charge on any atom is 0.294 e. The number of fused-ring (bicyclic) bond motifs is 7. The fourth-order valence-corrected chi connectivity index (χ4v) is 12.4. The van der Waals surface area contributed by atoms with Crippen LogP contribution in [-0.4, -0.2) is 79.1 Å². The number of anilines is 1. The molecule has 0 spiro atoms. The first-order valence-corrected chi connectivity index (χ1v) is 27.5. The molecule has 1 aliphatic carbocycles. The molecule has 0 unspecified atom stereocenters. The lowest BCUT2D eigenvalue weighted by Gasteiger charge is -2.27. The van der Waals surface area contributed by atoms with Crippen molar-refractivity contribution in [2.45, 2.75) is 74.0 Å². The second-order valence-electron chi connectivity index (χ2n) is 18.0. The van der Waals surface area contributed by atoms with Gasteiger partial charge >= 0.3 is 0 Å². The van der Waals surface area contributed by atoms with Gasteiger partial charge < -0.3 is 4.90 Å². The topological polar surface area (TPSA) is 208 Å². The average Bonchev–Trinajstić information content (AvgIpc) is 3.76. The van der Waals surface area contributed by atoms with Gasteiger partial charge in [-0.3, -0.25) is 13.7 Å². The van der Waals surface area contributed by atoms with E-state index in [2.05, 4.69) is 52.6 Å². The molecule has 0 bridgehead atoms. The third-order valence-corrected chi connectivity index (χ3v) is 16.4. The normalized spacial score (nSPS) is 18.0. The molecule has 19 heteroatoms. The monoisotopic (exact) mass is 1020 g/mol. The van der Waals surface area contributed by atoms with Crippen LogP contribution in [0.5, 0.6) is 0 Å². The van der Waals surface area contributed by atoms with Crippen molar-refractivity contribution >= 4 is 104 Å². The first kappa shape index (κ1) is 49.7. The smallest absolute Gasteiger partial charge is 0.294 e. The minimum Gasteiger partial charge on any atom is -0.344 e. The standard InChI is InChI=1S/C49H49ClN2O12S4/c1-48(2)43(51(25-7-9-27-66(54,55)56)41-21-13-31-29-33(65-64-63-53)15-17-35(31)45(41)48)23-19-39-37-11-5-6-12-38(37)40(47(39)50)20-24-44-49(3,4)46-36-18-16-34(68(60,61)62)30-32(36)14-22-42(46)52(44)26-8-10-28-67(57,58)59/h5-6,11-24,29-30H,7-10,25-28H2,1-4H3,(H3-,53,54,55,56,57,58,59,60,61,62)/p+1. The quantitative estimate of drug-likeness (QED) is 0.0171. The van der Waals surface area contributed by atoms with Crippen LogP contribution in [0.4, 0.5) is 11.4 Å². The Bertz CT molecular complexity index is 3400. The number of halogens is 1. The van der Waals surface area contributed by atoms with Gasteiger partial charge in [0, 0.05) is 63.5 Å². The summed E-state index contributed by atoms with van der Waals surface area (Å²) in [6.45, 7) is 9.28. The summed E-state index contributed by atoms with van der Waals surface area (Å²) >= 11 is 8.32. The summed E-state index contributed by atoms with van der Waals surface area (Å²) in [6.07, 6.45) is 9.45. The molecule has 8 rings (SSSR count). The molecule has 5 aromatic carbocycles. The average molecular weight is 1020 g/mol. The van der Waals surface area contributed by atoms with E-state index in [1.807, 2.05) is 78.9 Å². The van der Waals surface area contributed by atoms with Gasteiger partial charge in [0.25, 0.3) is 30.4 Å². The van der Waals surface area contributed by atoms with E-state index in [1.165, 1.54) is 12.1 Å². The number of nitrogens with zero attached hydrogens (tertiary/aromatic N) is 2. The SMILES string of the molecule is CC1(C)C(=CC=C2C(Cl)=C(C=CC3=[N+](CCCCS(=O)(=O)O)c4ccc5cc(SOOO)ccc5c4C3(C)C)c3ccccc32)N(CCCCS(=O)(=O)O)c2ccc3cc(S(=O)(=O)O)ccc3c21. The van der Waals surface area contributed by atoms with E-state index in [0.717, 1.165) is 84.4 Å². The fraction of sp³-hybridized carbons (Fsp3) is 0.286. The molecule has 0 amide bonds. The zero-order valence-corrected chi connectivity index (χ0v) is 41.5. The number of hydrogen-bond donors (Lipinski definition) is 4. The van der Waals surface area contributed by atoms with E-state index in [1.54, 1.807) is 12.1 Å². The first-order valence-electron chi connectivity index (χ1n) is 21.7. The molecule has 14 nitrogen and oxygen atoms in total. The molecule has 2 aliphatic heterocycles. The molecular formula is C49H50ClN2O12S4+. The van der Waals surface area contributed by atoms with Crippen molar-refractivity contribution in [1.29, 1.82) is 0 Å². The van der Waals surface area contributed by atoms with Crippen LogP contribution in [0.1, 0.15) is 75.6 Å². The van der Waals surface area contributed by atoms with Gasteiger partial charge in [0.05, 0.1) is 38.9 Å². The molecule has 0 radical (unpaired) electrons. The minimum absolute atomic E-state index is 0.221. The molecule has 0 fully saturated rings. The molecule has 2 heterocycles. The third-order valence-electron chi connectivity index (χ3n) is 13.0. The van der Waals surface area contributed by atoms with Crippen LogP contribution in [0.15, 0.2) is 130 Å². The molecule has 0 saturated carbocycles. The van der Waals surface area contributed by atoms with E-state index >= 15 is 0 Å². The summed E-state index contributed by atoms with van der Waals surface area (Å²) < 4.78 is 106. The molecule has 68 heavy (non-hydrogen) atoms. The van der Waals surface area contributed by atoms with Gasteiger partial charge in [0.2, 0.25) is 5.69 Å². The number of hydrogen-bond acceptors (Lipinski definition) is 11. The Morgan fingerprint density at radius 3 is 2.06 bits per heavy atom. The number of rotatable bonds is 17. The van der Waals surface area contributed by atoms with Gasteiger partial charge in [0.15, 0.2) is 5.71 Å². The van der Waals surface area contributed by atoms with Crippen LogP contribution in [0.25, 0.3) is 32.7 Å². The Hall–Kier alpha value is -4.70. The van der Waals surface area contributed by atoms with Gasteiger partial charge in [-0.05, 0) is 120 Å². The van der Waals surface area contributed by atoms with Gasteiger partial charge in [0.1, 0.15) is 6.54 Å². The highest BCUT2D eigenvalue weighted by Crippen LogP contribution is 2.52. The van der Waals surface area contributed by atoms with Crippen LogP contribution in [0.2, 0.25) is 0 Å². The van der Waals surface area contributed by atoms with Crippen LogP contribution in [-0.2, 0) is 50.6 Å². The molecule has 0 saturated heterocycles. The Morgan fingerprint density at radius 1 is 0.721 bits per heavy atom. The summed E-state index contributed by atoms with van der Waals surface area (Å²) in [6, 6.07) is 25.9. The number of unbranched alkanes of at least 4 members (excludes halogenated alkanes) is 2. The molecule has 0 aromatic heterocycles. The minimum atomic E-state index is -4.45. The van der Waals surface area contributed by atoms with Gasteiger partial charge in [-0.2, -0.15) is 29.8 Å². The summed E-state index contributed by atoms with van der Waals surface area (Å²) in [5.74, 6) is -0.735. The van der Waals surface area contributed by atoms with Crippen molar-refractivity contribution in [3.05, 3.63) is 142 Å². The lowest BCUT2D eigenvalue weighted by molar-refractivity contribution is -0.438. The van der Waals surface area contributed by atoms with E-state index in [9.17, 15) is 38.9 Å². The lowest BCUT2D eigenvalue weighted by Crippen LogP contribution is -2.28. The van der Waals surface area contributed by atoms with Crippen molar-refractivity contribution in [1.82, 2.24) is 0 Å². The third kappa shape index (κ3) is 9.87. The molecule has 4 N–H and O–H groups in total. The Kier molecular flexibility index (Phi) is 13.8. The molecule has 358 valence electrons. The van der Waals surface area contributed by atoms with Gasteiger partial charge in [-0.1, -0.05) is 79.0 Å². The number of benzene rings is 5. The summed E-state index contributed by atoms with van der Waals surface area (Å²) in [5.41, 5.74) is 7.76. The van der Waals surface area contributed by atoms with E-state index in [0.29, 0.717) is 41.2 Å². The molecular weight excluding hydrogens is 972 g/mol. The zero-order valence-electron chi connectivity index (χ0n) is 37.5. The predicted octanol–water partition coefficient (Wildman–Crippen LogP) is 10.7. The summed E-state index contributed by atoms with van der Waals surface area (Å²) in [4.78, 5) is 2.61. The zero-order chi connectivity index (χ0) is 49.0. The van der Waals surface area contributed by atoms with Crippen molar-refractivity contribution in [3.63, 3.8) is 0 Å². The molecule has 5 aromatic rings. The van der Waals surface area contributed by atoms with Gasteiger partial charge in [-0.15, -0.1) is 4.33 Å². The van der Waals surface area contributed by atoms with Crippen LogP contribution in [0.3, 0.4) is 0 Å². The summed E-state index contributed by atoms with van der Waals surface area (Å²) in [5, 5.41) is 16.4. The van der Waals surface area contributed by atoms with Gasteiger partial charge in [-0.25, -0.2) is 5.26 Å². The molecule has 3 aliphatic rings. The second-order valence-corrected chi connectivity index (χ2v) is 23.8. The Labute approximate surface area is 405 Å². The summed E-state index contributed by atoms with van der Waals surface area (Å²) in [7, 11) is -12.8. The lowest BCUT2D eigenvalue weighted by atomic mass is 9.79.